The Morgan fingerprint density at radius 2 is 1.70 bits per heavy atom. The van der Waals surface area contributed by atoms with Gasteiger partial charge in [0.05, 0.1) is 6.67 Å². The van der Waals surface area contributed by atoms with E-state index in [0.29, 0.717) is 23.5 Å². The average molecular weight is 459 g/mol. The molecule has 0 unspecified atom stereocenters. The summed E-state index contributed by atoms with van der Waals surface area (Å²) in [5.41, 5.74) is 4.85. The van der Waals surface area contributed by atoms with Crippen molar-refractivity contribution in [1.82, 2.24) is 29.5 Å². The molecule has 4 aromatic rings. The highest BCUT2D eigenvalue weighted by Gasteiger charge is 2.16. The van der Waals surface area contributed by atoms with Crippen LogP contribution in [0.25, 0.3) is 17.1 Å². The third-order valence-corrected chi connectivity index (χ3v) is 5.73. The first-order valence-corrected chi connectivity index (χ1v) is 11.0. The minimum absolute atomic E-state index is 0.0912. The van der Waals surface area contributed by atoms with E-state index in [9.17, 15) is 4.79 Å². The molecular formula is C25H26N6OS. The third-order valence-electron chi connectivity index (χ3n) is 5.34. The highest BCUT2D eigenvalue weighted by atomic mass is 32.1. The number of benzene rings is 2. The lowest BCUT2D eigenvalue weighted by Crippen LogP contribution is -2.23. The Morgan fingerprint density at radius 3 is 2.33 bits per heavy atom. The molecule has 0 fully saturated rings. The topological polar surface area (TPSA) is 68.0 Å². The SMILES string of the molecule is CNC(=O)c1ccc(CN(C)Cn2nc(-c3ccncc3)n(-c3ccc(C)cc3)c2=S)cc1. The molecule has 0 saturated heterocycles. The van der Waals surface area contributed by atoms with Crippen LogP contribution < -0.4 is 5.32 Å². The van der Waals surface area contributed by atoms with Crippen molar-refractivity contribution < 1.29 is 4.79 Å². The van der Waals surface area contributed by atoms with Crippen molar-refractivity contribution >= 4 is 18.1 Å². The minimum Gasteiger partial charge on any atom is -0.355 e. The van der Waals surface area contributed by atoms with Gasteiger partial charge in [-0.05, 0) is 68.2 Å². The predicted molar refractivity (Wildman–Crippen MR) is 132 cm³/mol. The summed E-state index contributed by atoms with van der Waals surface area (Å²) in [6, 6.07) is 19.7. The summed E-state index contributed by atoms with van der Waals surface area (Å²) in [4.78, 5) is 18.0. The van der Waals surface area contributed by atoms with Crippen LogP contribution in [0.2, 0.25) is 0 Å². The van der Waals surface area contributed by atoms with Gasteiger partial charge in [-0.15, -0.1) is 5.10 Å². The van der Waals surface area contributed by atoms with Gasteiger partial charge >= 0.3 is 0 Å². The van der Waals surface area contributed by atoms with E-state index in [1.165, 1.54) is 5.56 Å². The van der Waals surface area contributed by atoms with E-state index in [-0.39, 0.29) is 5.91 Å². The van der Waals surface area contributed by atoms with Crippen LogP contribution in [0, 0.1) is 11.7 Å². The molecule has 2 aromatic heterocycles. The Morgan fingerprint density at radius 1 is 1.03 bits per heavy atom. The van der Waals surface area contributed by atoms with E-state index >= 15 is 0 Å². The Balaban J connectivity index is 1.62. The molecule has 0 radical (unpaired) electrons. The summed E-state index contributed by atoms with van der Waals surface area (Å²) < 4.78 is 4.45. The summed E-state index contributed by atoms with van der Waals surface area (Å²) in [7, 11) is 3.65. The third kappa shape index (κ3) is 5.08. The van der Waals surface area contributed by atoms with Crippen molar-refractivity contribution in [1.29, 1.82) is 0 Å². The molecule has 0 aliphatic heterocycles. The summed E-state index contributed by atoms with van der Waals surface area (Å²) in [5.74, 6) is 0.682. The fraction of sp³-hybridized carbons (Fsp3) is 0.200. The Labute approximate surface area is 198 Å². The lowest BCUT2D eigenvalue weighted by atomic mass is 10.1. The fourth-order valence-electron chi connectivity index (χ4n) is 3.61. The summed E-state index contributed by atoms with van der Waals surface area (Å²) in [5, 5.41) is 7.50. The molecule has 7 nitrogen and oxygen atoms in total. The highest BCUT2D eigenvalue weighted by Crippen LogP contribution is 2.23. The van der Waals surface area contributed by atoms with Gasteiger partial charge in [-0.3, -0.25) is 19.2 Å². The molecule has 0 spiro atoms. The standard InChI is InChI=1S/C25H26N6OS/c1-18-4-10-22(11-5-18)31-23(20-12-14-27-15-13-20)28-30(25(31)33)17-29(3)16-19-6-8-21(9-7-19)24(32)26-2/h4-15H,16-17H2,1-3H3,(H,26,32). The number of nitrogens with one attached hydrogen (secondary N) is 1. The lowest BCUT2D eigenvalue weighted by Gasteiger charge is -2.16. The van der Waals surface area contributed by atoms with Gasteiger partial charge in [0.25, 0.3) is 5.91 Å². The second-order valence-corrected chi connectivity index (χ2v) is 8.31. The molecular weight excluding hydrogens is 432 g/mol. The second kappa shape index (κ2) is 9.89. The van der Waals surface area contributed by atoms with Crippen molar-refractivity contribution in [3.8, 4) is 17.1 Å². The number of carbonyl (C=O) groups excluding carboxylic acids is 1. The molecule has 168 valence electrons. The first kappa shape index (κ1) is 22.6. The normalized spacial score (nSPS) is 11.0. The number of nitrogens with zero attached hydrogens (tertiary/aromatic N) is 5. The molecule has 0 bridgehead atoms. The van der Waals surface area contributed by atoms with E-state index in [0.717, 1.165) is 22.6 Å². The van der Waals surface area contributed by atoms with Gasteiger partial charge in [0, 0.05) is 42.8 Å². The number of aryl methyl sites for hydroxylation is 1. The van der Waals surface area contributed by atoms with Crippen molar-refractivity contribution in [2.24, 2.45) is 0 Å². The Kier molecular flexibility index (Phi) is 6.76. The quantitative estimate of drug-likeness (QED) is 0.420. The molecule has 33 heavy (non-hydrogen) atoms. The second-order valence-electron chi connectivity index (χ2n) is 7.94. The zero-order valence-electron chi connectivity index (χ0n) is 18.9. The molecule has 0 aliphatic rings. The van der Waals surface area contributed by atoms with Gasteiger partial charge in [0.2, 0.25) is 4.77 Å². The first-order valence-electron chi connectivity index (χ1n) is 10.6. The molecule has 4 rings (SSSR count). The molecule has 1 N–H and O–H groups in total. The number of rotatable bonds is 7. The van der Waals surface area contributed by atoms with Crippen molar-refractivity contribution in [3.05, 3.63) is 94.5 Å². The number of carbonyl (C=O) groups is 1. The monoisotopic (exact) mass is 458 g/mol. The van der Waals surface area contributed by atoms with Gasteiger partial charge < -0.3 is 5.32 Å². The van der Waals surface area contributed by atoms with Crippen LogP contribution >= 0.6 is 12.2 Å². The molecule has 0 aliphatic carbocycles. The van der Waals surface area contributed by atoms with Crippen LogP contribution in [0.3, 0.4) is 0 Å². The Bertz CT molecular complexity index is 1290. The summed E-state index contributed by atoms with van der Waals surface area (Å²) >= 11 is 5.85. The number of pyridine rings is 1. The molecule has 8 heteroatoms. The van der Waals surface area contributed by atoms with Crippen molar-refractivity contribution in [2.75, 3.05) is 14.1 Å². The van der Waals surface area contributed by atoms with Crippen molar-refractivity contribution in [3.63, 3.8) is 0 Å². The zero-order chi connectivity index (χ0) is 23.4. The number of aromatic nitrogens is 4. The van der Waals surface area contributed by atoms with Gasteiger partial charge in [-0.2, -0.15) is 0 Å². The fourth-order valence-corrected chi connectivity index (χ4v) is 3.90. The van der Waals surface area contributed by atoms with Crippen LogP contribution in [0.4, 0.5) is 0 Å². The zero-order valence-corrected chi connectivity index (χ0v) is 19.7. The van der Waals surface area contributed by atoms with E-state index in [2.05, 4.69) is 46.4 Å². The number of hydrogen-bond donors (Lipinski definition) is 1. The van der Waals surface area contributed by atoms with Crippen LogP contribution in [0.15, 0.2) is 73.1 Å². The molecule has 0 saturated carbocycles. The van der Waals surface area contributed by atoms with E-state index in [1.807, 2.05) is 52.7 Å². The summed E-state index contributed by atoms with van der Waals surface area (Å²) in [6.45, 7) is 3.27. The van der Waals surface area contributed by atoms with Gasteiger partial charge in [0.1, 0.15) is 0 Å². The van der Waals surface area contributed by atoms with Crippen LogP contribution in [0.1, 0.15) is 21.5 Å². The van der Waals surface area contributed by atoms with Gasteiger partial charge in [-0.1, -0.05) is 29.8 Å². The maximum atomic E-state index is 11.8. The number of amides is 1. The summed E-state index contributed by atoms with van der Waals surface area (Å²) in [6.07, 6.45) is 3.51. The minimum atomic E-state index is -0.0912. The largest absolute Gasteiger partial charge is 0.355 e. The first-order chi connectivity index (χ1) is 16.0. The van der Waals surface area contributed by atoms with E-state index in [1.54, 1.807) is 19.4 Å². The average Bonchev–Trinajstić information content (AvgIpc) is 3.16. The smallest absolute Gasteiger partial charge is 0.251 e. The van der Waals surface area contributed by atoms with Crippen LogP contribution in [-0.2, 0) is 13.2 Å². The molecule has 0 atom stereocenters. The van der Waals surface area contributed by atoms with Crippen LogP contribution in [-0.4, -0.2) is 44.2 Å². The lowest BCUT2D eigenvalue weighted by molar-refractivity contribution is 0.0963. The maximum Gasteiger partial charge on any atom is 0.251 e. The van der Waals surface area contributed by atoms with Gasteiger partial charge in [-0.25, -0.2) is 4.68 Å². The molecule has 1 amide bonds. The van der Waals surface area contributed by atoms with E-state index in [4.69, 9.17) is 17.3 Å². The van der Waals surface area contributed by atoms with E-state index < -0.39 is 0 Å². The predicted octanol–water partition coefficient (Wildman–Crippen LogP) is 4.22. The van der Waals surface area contributed by atoms with Gasteiger partial charge in [0.15, 0.2) is 5.82 Å². The van der Waals surface area contributed by atoms with Crippen molar-refractivity contribution in [2.45, 2.75) is 20.1 Å². The molecule has 2 aromatic carbocycles. The number of hydrogen-bond acceptors (Lipinski definition) is 5. The molecule has 2 heterocycles. The maximum absolute atomic E-state index is 11.8. The Hall–Kier alpha value is -3.62. The van der Waals surface area contributed by atoms with Crippen LogP contribution in [0.5, 0.6) is 0 Å². The highest BCUT2D eigenvalue weighted by molar-refractivity contribution is 7.71.